The number of rotatable bonds is 6. The van der Waals surface area contributed by atoms with Crippen LogP contribution in [0.15, 0.2) is 53.9 Å². The minimum Gasteiger partial charge on any atom is -0.497 e. The van der Waals surface area contributed by atoms with Crippen LogP contribution in [-0.2, 0) is 4.79 Å². The summed E-state index contributed by atoms with van der Waals surface area (Å²) in [5.74, 6) is 3.37. The van der Waals surface area contributed by atoms with E-state index in [-0.39, 0.29) is 11.3 Å². The van der Waals surface area contributed by atoms with Crippen molar-refractivity contribution in [2.75, 3.05) is 17.7 Å². The molecule has 4 aliphatic carbocycles. The second-order valence-corrected chi connectivity index (χ2v) is 11.0. The summed E-state index contributed by atoms with van der Waals surface area (Å²) >= 11 is 1.57. The summed E-state index contributed by atoms with van der Waals surface area (Å²) in [6.07, 6.45) is 7.32. The predicted molar refractivity (Wildman–Crippen MR) is 133 cm³/mol. The quantitative estimate of drug-likeness (QED) is 0.430. The number of hydrogen-bond acceptors (Lipinski definition) is 5. The molecule has 5 nitrogen and oxygen atoms in total. The standard InChI is InChI=1S/C27H29N3O2S/c1-32-23-4-2-3-22(12-23)29-26-30-24(16-33-26)20-5-7-21(8-6-20)28-25(31)27-13-17-9-18(14-27)11-19(10-17)15-27/h2-8,12,16-19H,9-11,13-15H2,1H3,(H,28,31)(H,29,30). The number of anilines is 3. The lowest BCUT2D eigenvalue weighted by molar-refractivity contribution is -0.140. The number of carbonyl (C=O) groups excluding carboxylic acids is 1. The van der Waals surface area contributed by atoms with Gasteiger partial charge in [-0.25, -0.2) is 4.98 Å². The number of benzene rings is 2. The van der Waals surface area contributed by atoms with Gasteiger partial charge in [0.05, 0.1) is 18.2 Å². The van der Waals surface area contributed by atoms with Crippen LogP contribution in [0.4, 0.5) is 16.5 Å². The molecular formula is C27H29N3O2S. The lowest BCUT2D eigenvalue weighted by Gasteiger charge is -2.55. The number of ether oxygens (including phenoxy) is 1. The van der Waals surface area contributed by atoms with E-state index in [4.69, 9.17) is 9.72 Å². The van der Waals surface area contributed by atoms with Gasteiger partial charge >= 0.3 is 0 Å². The van der Waals surface area contributed by atoms with Crippen molar-refractivity contribution in [3.05, 3.63) is 53.9 Å². The zero-order valence-electron chi connectivity index (χ0n) is 18.8. The van der Waals surface area contributed by atoms with Crippen LogP contribution in [-0.4, -0.2) is 18.0 Å². The Morgan fingerprint density at radius 1 is 1.00 bits per heavy atom. The Bertz CT molecular complexity index is 1130. The van der Waals surface area contributed by atoms with E-state index in [9.17, 15) is 4.79 Å². The van der Waals surface area contributed by atoms with Gasteiger partial charge in [-0.1, -0.05) is 18.2 Å². The average molecular weight is 460 g/mol. The highest BCUT2D eigenvalue weighted by Crippen LogP contribution is 2.60. The SMILES string of the molecule is COc1cccc(Nc2nc(-c3ccc(NC(=O)C45CC6CC(CC(C6)C4)C5)cc3)cs2)c1. The highest BCUT2D eigenvalue weighted by atomic mass is 32.1. The van der Waals surface area contributed by atoms with Gasteiger partial charge in [0.15, 0.2) is 5.13 Å². The summed E-state index contributed by atoms with van der Waals surface area (Å²) in [6.45, 7) is 0. The third kappa shape index (κ3) is 4.01. The monoisotopic (exact) mass is 459 g/mol. The van der Waals surface area contributed by atoms with Gasteiger partial charge in [-0.15, -0.1) is 11.3 Å². The smallest absolute Gasteiger partial charge is 0.230 e. The third-order valence-electron chi connectivity index (χ3n) is 7.78. The summed E-state index contributed by atoms with van der Waals surface area (Å²) in [5, 5.41) is 9.46. The van der Waals surface area contributed by atoms with Gasteiger partial charge < -0.3 is 15.4 Å². The maximum atomic E-state index is 13.3. The van der Waals surface area contributed by atoms with Crippen LogP contribution in [0.5, 0.6) is 5.75 Å². The predicted octanol–water partition coefficient (Wildman–Crippen LogP) is 6.72. The number of carbonyl (C=O) groups is 1. The number of methoxy groups -OCH3 is 1. The largest absolute Gasteiger partial charge is 0.497 e. The number of thiazole rings is 1. The van der Waals surface area contributed by atoms with Crippen LogP contribution in [0.25, 0.3) is 11.3 Å². The molecule has 4 bridgehead atoms. The second kappa shape index (κ2) is 8.17. The van der Waals surface area contributed by atoms with Crippen molar-refractivity contribution in [3.63, 3.8) is 0 Å². The molecule has 4 aliphatic rings. The molecule has 1 aromatic heterocycles. The highest BCUT2D eigenvalue weighted by Gasteiger charge is 2.54. The number of aromatic nitrogens is 1. The molecule has 33 heavy (non-hydrogen) atoms. The summed E-state index contributed by atoms with van der Waals surface area (Å²) in [4.78, 5) is 18.0. The fraction of sp³-hybridized carbons (Fsp3) is 0.407. The van der Waals surface area contributed by atoms with Crippen LogP contribution in [0.1, 0.15) is 38.5 Å². The van der Waals surface area contributed by atoms with Crippen molar-refractivity contribution in [1.29, 1.82) is 0 Å². The first-order chi connectivity index (χ1) is 16.1. The van der Waals surface area contributed by atoms with Crippen molar-refractivity contribution in [2.45, 2.75) is 38.5 Å². The lowest BCUT2D eigenvalue weighted by Crippen LogP contribution is -2.51. The third-order valence-corrected chi connectivity index (χ3v) is 8.54. The van der Waals surface area contributed by atoms with Crippen LogP contribution in [0, 0.1) is 23.2 Å². The zero-order valence-corrected chi connectivity index (χ0v) is 19.7. The topological polar surface area (TPSA) is 63.2 Å². The number of nitrogens with zero attached hydrogens (tertiary/aromatic N) is 1. The van der Waals surface area contributed by atoms with Crippen LogP contribution in [0.2, 0.25) is 0 Å². The van der Waals surface area contributed by atoms with Gasteiger partial charge in [-0.3, -0.25) is 4.79 Å². The molecule has 4 saturated carbocycles. The Morgan fingerprint density at radius 2 is 1.70 bits per heavy atom. The number of nitrogens with one attached hydrogen (secondary N) is 2. The van der Waals surface area contributed by atoms with Gasteiger partial charge in [0.25, 0.3) is 0 Å². The number of hydrogen-bond donors (Lipinski definition) is 2. The molecule has 4 fully saturated rings. The molecule has 0 unspecified atom stereocenters. The summed E-state index contributed by atoms with van der Waals surface area (Å²) in [6, 6.07) is 15.9. The maximum absolute atomic E-state index is 13.3. The van der Waals surface area contributed by atoms with E-state index in [0.29, 0.717) is 0 Å². The molecule has 7 rings (SSSR count). The summed E-state index contributed by atoms with van der Waals surface area (Å²) < 4.78 is 5.29. The van der Waals surface area contributed by atoms with Crippen LogP contribution < -0.4 is 15.4 Å². The van der Waals surface area contributed by atoms with E-state index in [0.717, 1.165) is 70.5 Å². The maximum Gasteiger partial charge on any atom is 0.230 e. The Labute approximate surface area is 198 Å². The van der Waals surface area contributed by atoms with Crippen LogP contribution >= 0.6 is 11.3 Å². The first-order valence-corrected chi connectivity index (χ1v) is 12.7. The minimum absolute atomic E-state index is 0.122. The Hall–Kier alpha value is -2.86. The van der Waals surface area contributed by atoms with E-state index in [2.05, 4.69) is 10.6 Å². The molecule has 2 aromatic carbocycles. The van der Waals surface area contributed by atoms with Crippen molar-refractivity contribution < 1.29 is 9.53 Å². The molecule has 0 aliphatic heterocycles. The van der Waals surface area contributed by atoms with E-state index in [1.165, 1.54) is 19.3 Å². The first kappa shape index (κ1) is 20.7. The van der Waals surface area contributed by atoms with Gasteiger partial charge in [-0.05, 0) is 80.5 Å². The minimum atomic E-state index is -0.122. The highest BCUT2D eigenvalue weighted by molar-refractivity contribution is 7.14. The summed E-state index contributed by atoms with van der Waals surface area (Å²) in [5.41, 5.74) is 3.66. The molecule has 0 radical (unpaired) electrons. The Morgan fingerprint density at radius 3 is 2.36 bits per heavy atom. The van der Waals surface area contributed by atoms with E-state index >= 15 is 0 Å². The average Bonchev–Trinajstić information content (AvgIpc) is 3.27. The van der Waals surface area contributed by atoms with Crippen molar-refractivity contribution in [2.24, 2.45) is 23.2 Å². The molecule has 3 aromatic rings. The van der Waals surface area contributed by atoms with Gasteiger partial charge in [0, 0.05) is 28.4 Å². The zero-order chi connectivity index (χ0) is 22.4. The van der Waals surface area contributed by atoms with Gasteiger partial charge in [0.2, 0.25) is 5.91 Å². The molecule has 2 N–H and O–H groups in total. The van der Waals surface area contributed by atoms with Crippen molar-refractivity contribution in [3.8, 4) is 17.0 Å². The fourth-order valence-electron chi connectivity index (χ4n) is 6.66. The molecule has 170 valence electrons. The molecule has 0 saturated heterocycles. The molecule has 0 atom stereocenters. The summed E-state index contributed by atoms with van der Waals surface area (Å²) in [7, 11) is 1.66. The van der Waals surface area contributed by atoms with Gasteiger partial charge in [0.1, 0.15) is 5.75 Å². The Balaban J connectivity index is 1.12. The normalized spacial score (nSPS) is 27.4. The molecular weight excluding hydrogens is 430 g/mol. The van der Waals surface area contributed by atoms with Gasteiger partial charge in [-0.2, -0.15) is 0 Å². The van der Waals surface area contributed by atoms with E-state index in [1.54, 1.807) is 18.4 Å². The van der Waals surface area contributed by atoms with E-state index < -0.39 is 0 Å². The molecule has 1 heterocycles. The first-order valence-electron chi connectivity index (χ1n) is 11.9. The number of amides is 1. The lowest BCUT2D eigenvalue weighted by atomic mass is 9.49. The molecule has 6 heteroatoms. The van der Waals surface area contributed by atoms with Crippen molar-refractivity contribution >= 4 is 33.8 Å². The van der Waals surface area contributed by atoms with Crippen LogP contribution in [0.3, 0.4) is 0 Å². The Kier molecular flexibility index (Phi) is 5.13. The van der Waals surface area contributed by atoms with E-state index in [1.807, 2.05) is 53.9 Å². The molecule has 1 amide bonds. The van der Waals surface area contributed by atoms with Crippen molar-refractivity contribution in [1.82, 2.24) is 4.98 Å². The fourth-order valence-corrected chi connectivity index (χ4v) is 7.40. The molecule has 0 spiro atoms. The second-order valence-electron chi connectivity index (χ2n) is 10.1.